The van der Waals surface area contributed by atoms with E-state index in [9.17, 15) is 26.4 Å². The predicted octanol–water partition coefficient (Wildman–Crippen LogP) is 2.11. The van der Waals surface area contributed by atoms with Gasteiger partial charge in [0.25, 0.3) is 5.92 Å². The van der Waals surface area contributed by atoms with Crippen molar-refractivity contribution in [2.45, 2.75) is 36.6 Å². The van der Waals surface area contributed by atoms with E-state index in [0.717, 1.165) is 18.2 Å². The number of alkyl halides is 2. The number of nitrogens with one attached hydrogen (secondary N) is 2. The minimum atomic E-state index is -4.05. The molecule has 23 heavy (non-hydrogen) atoms. The average molecular weight is 348 g/mol. The number of rotatable bonds is 5. The highest BCUT2D eigenvalue weighted by molar-refractivity contribution is 7.89. The fourth-order valence-corrected chi connectivity index (χ4v) is 3.78. The minimum Gasteiger partial charge on any atom is -0.326 e. The molecule has 3 rings (SSSR count). The van der Waals surface area contributed by atoms with Gasteiger partial charge in [-0.25, -0.2) is 26.3 Å². The summed E-state index contributed by atoms with van der Waals surface area (Å²) in [5.74, 6) is -7.46. The van der Waals surface area contributed by atoms with Crippen LogP contribution in [0, 0.1) is 17.7 Å². The van der Waals surface area contributed by atoms with Crippen molar-refractivity contribution in [1.29, 1.82) is 0 Å². The molecule has 2 aliphatic carbocycles. The number of halogens is 3. The second-order valence-corrected chi connectivity index (χ2v) is 7.65. The molecule has 5 nitrogen and oxygen atoms in total. The summed E-state index contributed by atoms with van der Waals surface area (Å²) in [6.45, 7) is 1.25. The van der Waals surface area contributed by atoms with Crippen LogP contribution < -0.4 is 10.0 Å². The van der Waals surface area contributed by atoms with Crippen molar-refractivity contribution >= 4 is 21.6 Å². The molecule has 2 fully saturated rings. The molecule has 9 heteroatoms. The fourth-order valence-electron chi connectivity index (χ4n) is 2.37. The number of amides is 1. The lowest BCUT2D eigenvalue weighted by Crippen LogP contribution is -2.27. The number of anilines is 1. The summed E-state index contributed by atoms with van der Waals surface area (Å²) in [6, 6.07) is 2.74. The lowest BCUT2D eigenvalue weighted by Gasteiger charge is -2.10. The van der Waals surface area contributed by atoms with Gasteiger partial charge in [-0.3, -0.25) is 4.79 Å². The Morgan fingerprint density at radius 3 is 2.43 bits per heavy atom. The molecular formula is C14H15F3N2O3S. The monoisotopic (exact) mass is 348 g/mol. The standard InChI is InChI=1S/C14H15F3N2O3S/c1-7-12(14(7,16)17)13(20)18-9-4-5-10(15)11(6-9)23(21,22)19-8-2-3-8/h4-8,12,19H,2-3H2,1H3,(H,18,20)/t7-,12-/m1/s1. The van der Waals surface area contributed by atoms with E-state index in [1.54, 1.807) is 0 Å². The Labute approximate surface area is 131 Å². The highest BCUT2D eigenvalue weighted by atomic mass is 32.2. The molecule has 2 atom stereocenters. The quantitative estimate of drug-likeness (QED) is 0.856. The van der Waals surface area contributed by atoms with E-state index in [1.165, 1.54) is 6.92 Å². The third-order valence-corrected chi connectivity index (χ3v) is 5.62. The number of carbonyl (C=O) groups is 1. The summed E-state index contributed by atoms with van der Waals surface area (Å²) in [6.07, 6.45) is 1.37. The Hall–Kier alpha value is -1.61. The van der Waals surface area contributed by atoms with Gasteiger partial charge in [0.1, 0.15) is 16.6 Å². The maximum absolute atomic E-state index is 13.8. The van der Waals surface area contributed by atoms with Crippen molar-refractivity contribution in [2.75, 3.05) is 5.32 Å². The molecular weight excluding hydrogens is 333 g/mol. The SMILES string of the molecule is C[C@@H]1[C@H](C(=O)Nc2ccc(F)c(S(=O)(=O)NC3CC3)c2)C1(F)F. The molecule has 0 bridgehead atoms. The minimum absolute atomic E-state index is 0.0394. The van der Waals surface area contributed by atoms with Gasteiger partial charge in [-0.15, -0.1) is 0 Å². The van der Waals surface area contributed by atoms with Crippen molar-refractivity contribution < 1.29 is 26.4 Å². The van der Waals surface area contributed by atoms with Crippen LogP contribution in [-0.2, 0) is 14.8 Å². The molecule has 126 valence electrons. The number of hydrogen-bond acceptors (Lipinski definition) is 3. The normalized spacial score (nSPS) is 25.9. The van der Waals surface area contributed by atoms with E-state index < -0.39 is 44.4 Å². The summed E-state index contributed by atoms with van der Waals surface area (Å²) in [5, 5.41) is 2.22. The van der Waals surface area contributed by atoms with Gasteiger partial charge in [-0.1, -0.05) is 6.92 Å². The largest absolute Gasteiger partial charge is 0.326 e. The summed E-state index contributed by atoms with van der Waals surface area (Å²) in [5.41, 5.74) is -0.0394. The Morgan fingerprint density at radius 2 is 1.91 bits per heavy atom. The maximum Gasteiger partial charge on any atom is 0.263 e. The first-order valence-electron chi connectivity index (χ1n) is 7.13. The number of sulfonamides is 1. The zero-order valence-electron chi connectivity index (χ0n) is 12.1. The van der Waals surface area contributed by atoms with E-state index in [2.05, 4.69) is 10.0 Å². The van der Waals surface area contributed by atoms with Crippen LogP contribution in [0.2, 0.25) is 0 Å². The predicted molar refractivity (Wildman–Crippen MR) is 76.0 cm³/mol. The molecule has 0 aromatic heterocycles. The molecule has 0 saturated heterocycles. The van der Waals surface area contributed by atoms with Gasteiger partial charge < -0.3 is 5.32 Å². The van der Waals surface area contributed by atoms with Crippen LogP contribution in [0.3, 0.4) is 0 Å². The van der Waals surface area contributed by atoms with Crippen LogP contribution in [0.15, 0.2) is 23.1 Å². The van der Waals surface area contributed by atoms with Crippen molar-refractivity contribution in [2.24, 2.45) is 11.8 Å². The van der Waals surface area contributed by atoms with E-state index in [-0.39, 0.29) is 11.7 Å². The van der Waals surface area contributed by atoms with E-state index in [1.807, 2.05) is 0 Å². The first-order valence-corrected chi connectivity index (χ1v) is 8.62. The van der Waals surface area contributed by atoms with E-state index in [4.69, 9.17) is 0 Å². The fraction of sp³-hybridized carbons (Fsp3) is 0.500. The smallest absolute Gasteiger partial charge is 0.263 e. The molecule has 2 saturated carbocycles. The van der Waals surface area contributed by atoms with Crippen LogP contribution >= 0.6 is 0 Å². The Balaban J connectivity index is 1.79. The van der Waals surface area contributed by atoms with Crippen LogP contribution in [0.5, 0.6) is 0 Å². The molecule has 0 heterocycles. The van der Waals surface area contributed by atoms with Gasteiger partial charge >= 0.3 is 0 Å². The second kappa shape index (κ2) is 5.20. The molecule has 1 amide bonds. The first kappa shape index (κ1) is 16.3. The Morgan fingerprint density at radius 1 is 1.30 bits per heavy atom. The van der Waals surface area contributed by atoms with Crippen molar-refractivity contribution in [1.82, 2.24) is 4.72 Å². The topological polar surface area (TPSA) is 75.3 Å². The van der Waals surface area contributed by atoms with Crippen molar-refractivity contribution in [3.05, 3.63) is 24.0 Å². The summed E-state index contributed by atoms with van der Waals surface area (Å²) in [4.78, 5) is 11.2. The van der Waals surface area contributed by atoms with E-state index >= 15 is 0 Å². The van der Waals surface area contributed by atoms with Crippen LogP contribution in [0.1, 0.15) is 19.8 Å². The molecule has 0 radical (unpaired) electrons. The van der Waals surface area contributed by atoms with Gasteiger partial charge in [0.05, 0.1) is 0 Å². The lowest BCUT2D eigenvalue weighted by atomic mass is 10.2. The van der Waals surface area contributed by atoms with Gasteiger partial charge in [-0.2, -0.15) is 0 Å². The average Bonchev–Trinajstić information content (AvgIpc) is 3.32. The lowest BCUT2D eigenvalue weighted by molar-refractivity contribution is -0.119. The molecule has 2 aliphatic rings. The first-order chi connectivity index (χ1) is 10.6. The van der Waals surface area contributed by atoms with Gasteiger partial charge in [0.15, 0.2) is 0 Å². The molecule has 0 aliphatic heterocycles. The maximum atomic E-state index is 13.8. The second-order valence-electron chi connectivity index (χ2n) is 5.97. The van der Waals surface area contributed by atoms with Gasteiger partial charge in [0, 0.05) is 17.6 Å². The Kier molecular flexibility index (Phi) is 3.68. The summed E-state index contributed by atoms with van der Waals surface area (Å²) < 4.78 is 66.6. The summed E-state index contributed by atoms with van der Waals surface area (Å²) >= 11 is 0. The van der Waals surface area contributed by atoms with Crippen LogP contribution in [0.25, 0.3) is 0 Å². The Bertz CT molecular complexity index is 763. The third-order valence-electron chi connectivity index (χ3n) is 4.08. The molecule has 1 aromatic carbocycles. The molecule has 0 spiro atoms. The number of benzene rings is 1. The van der Waals surface area contributed by atoms with Gasteiger partial charge in [0.2, 0.25) is 15.9 Å². The zero-order valence-corrected chi connectivity index (χ0v) is 13.0. The van der Waals surface area contributed by atoms with E-state index in [0.29, 0.717) is 12.8 Å². The third kappa shape index (κ3) is 3.07. The number of carbonyl (C=O) groups excluding carboxylic acids is 1. The highest BCUT2D eigenvalue weighted by Crippen LogP contribution is 2.55. The van der Waals surface area contributed by atoms with Gasteiger partial charge in [-0.05, 0) is 31.0 Å². The summed E-state index contributed by atoms with van der Waals surface area (Å²) in [7, 11) is -4.05. The van der Waals surface area contributed by atoms with Crippen LogP contribution in [-0.4, -0.2) is 26.3 Å². The molecule has 0 unspecified atom stereocenters. The molecule has 1 aromatic rings. The molecule has 2 N–H and O–H groups in total. The van der Waals surface area contributed by atoms with Crippen LogP contribution in [0.4, 0.5) is 18.9 Å². The zero-order chi connectivity index (χ0) is 17.0. The highest BCUT2D eigenvalue weighted by Gasteiger charge is 2.69. The number of hydrogen-bond donors (Lipinski definition) is 2. The van der Waals surface area contributed by atoms with Crippen molar-refractivity contribution in [3.63, 3.8) is 0 Å². The van der Waals surface area contributed by atoms with Crippen molar-refractivity contribution in [3.8, 4) is 0 Å².